The predicted octanol–water partition coefficient (Wildman–Crippen LogP) is 2.01. The maximum atomic E-state index is 11.1. The van der Waals surface area contributed by atoms with Crippen LogP contribution in [0.2, 0.25) is 0 Å². The monoisotopic (exact) mass is 251 g/mol. The van der Waals surface area contributed by atoms with E-state index in [1.54, 1.807) is 6.92 Å². The fraction of sp³-hybridized carbons (Fsp3) is 0.0909. The molecule has 0 bridgehead atoms. The average molecular weight is 250 g/mol. The summed E-state index contributed by atoms with van der Waals surface area (Å²) in [5.41, 5.74) is 1.74. The van der Waals surface area contributed by atoms with Crippen LogP contribution in [0.15, 0.2) is 35.3 Å². The normalized spacial score (nSPS) is 10.1. The Morgan fingerprint density at radius 3 is 2.57 bits per heavy atom. The van der Waals surface area contributed by atoms with Gasteiger partial charge in [0, 0.05) is 0 Å². The van der Waals surface area contributed by atoms with Gasteiger partial charge in [-0.3, -0.25) is 0 Å². The van der Waals surface area contributed by atoms with Crippen molar-refractivity contribution in [1.29, 1.82) is 0 Å². The van der Waals surface area contributed by atoms with Crippen molar-refractivity contribution in [2.75, 3.05) is 0 Å². The second-order valence-corrected chi connectivity index (χ2v) is 4.76. The van der Waals surface area contributed by atoms with Gasteiger partial charge in [-0.25, -0.2) is 0 Å². The van der Waals surface area contributed by atoms with Gasteiger partial charge in [0.25, 0.3) is 0 Å². The molecule has 0 N–H and O–H groups in total. The van der Waals surface area contributed by atoms with Crippen molar-refractivity contribution in [3.05, 3.63) is 41.0 Å². The Morgan fingerprint density at radius 1 is 1.29 bits per heavy atom. The number of aromatic nitrogens is 1. The van der Waals surface area contributed by atoms with Crippen molar-refractivity contribution in [3.8, 4) is 10.1 Å². The molecule has 2 rings (SSSR count). The van der Waals surface area contributed by atoms with Gasteiger partial charge in [-0.05, 0) is 0 Å². The average Bonchev–Trinajstić information content (AvgIpc) is 2.68. The first-order chi connectivity index (χ1) is 6.77. The molecule has 0 aliphatic carbocycles. The summed E-state index contributed by atoms with van der Waals surface area (Å²) in [6.07, 6.45) is 0. The topological polar surface area (TPSA) is 30.0 Å². The van der Waals surface area contributed by atoms with Crippen LogP contribution in [-0.2, 0) is 0 Å². The quantitative estimate of drug-likeness (QED) is 0.602. The van der Waals surface area contributed by atoms with Gasteiger partial charge in [0.05, 0.1) is 0 Å². The molecule has 0 spiro atoms. The Labute approximate surface area is 88.4 Å². The van der Waals surface area contributed by atoms with Crippen molar-refractivity contribution in [3.63, 3.8) is 0 Å². The molecule has 0 saturated heterocycles. The number of carbonyl (C=O) groups is 1. The number of ketones is 1. The molecule has 0 aliphatic heterocycles. The van der Waals surface area contributed by atoms with Crippen LogP contribution < -0.4 is 0 Å². The Morgan fingerprint density at radius 2 is 2.00 bits per heavy atom. The van der Waals surface area contributed by atoms with E-state index in [1.807, 2.05) is 35.3 Å². The second-order valence-electron chi connectivity index (χ2n) is 2.96. The molecule has 0 radical (unpaired) electrons. The van der Waals surface area contributed by atoms with E-state index in [9.17, 15) is 4.79 Å². The van der Waals surface area contributed by atoms with Crippen molar-refractivity contribution in [2.24, 2.45) is 0 Å². The molecule has 2 aromatic rings. The van der Waals surface area contributed by atoms with Gasteiger partial charge in [0.15, 0.2) is 0 Å². The van der Waals surface area contributed by atoms with Crippen LogP contribution >= 0.6 is 0 Å². The molecule has 0 amide bonds. The minimum atomic E-state index is 0.0535. The summed E-state index contributed by atoms with van der Waals surface area (Å²) in [5, 5.41) is 0. The molecule has 0 saturated carbocycles. The molecular weight excluding hydrogens is 241 g/mol. The summed E-state index contributed by atoms with van der Waals surface area (Å²) in [6.45, 7) is 1.55. The van der Waals surface area contributed by atoms with Gasteiger partial charge in [-0.1, -0.05) is 0 Å². The molecule has 0 aliphatic rings. The van der Waals surface area contributed by atoms with Crippen LogP contribution in [0.25, 0.3) is 10.1 Å². The maximum absolute atomic E-state index is 11.1. The van der Waals surface area contributed by atoms with E-state index in [4.69, 9.17) is 0 Å². The number of nitrogens with zero attached hydrogens (tertiary/aromatic N) is 1. The van der Waals surface area contributed by atoms with Crippen LogP contribution in [0, 0.1) is 0 Å². The van der Waals surface area contributed by atoms with Crippen LogP contribution in [0.1, 0.15) is 17.4 Å². The fourth-order valence-electron chi connectivity index (χ4n) is 1.15. The number of carbonyl (C=O) groups excluding carboxylic acids is 1. The molecule has 14 heavy (non-hydrogen) atoms. The van der Waals surface area contributed by atoms with Gasteiger partial charge >= 0.3 is 88.1 Å². The van der Waals surface area contributed by atoms with Crippen LogP contribution in [-0.4, -0.2) is 25.3 Å². The summed E-state index contributed by atoms with van der Waals surface area (Å²) in [4.78, 5) is 17.3. The predicted molar refractivity (Wildman–Crippen MR) is 56.6 cm³/mol. The molecule has 2 nitrogen and oxygen atoms in total. The van der Waals surface area contributed by atoms with E-state index in [2.05, 4.69) is 4.98 Å². The first-order valence-corrected chi connectivity index (χ1v) is 6.14. The zero-order valence-corrected chi connectivity index (χ0v) is 9.44. The van der Waals surface area contributed by atoms with E-state index in [-0.39, 0.29) is 20.3 Å². The third kappa shape index (κ3) is 1.84. The molecule has 70 valence electrons. The van der Waals surface area contributed by atoms with Crippen LogP contribution in [0.5, 0.6) is 0 Å². The molecule has 1 aromatic heterocycles. The van der Waals surface area contributed by atoms with Crippen molar-refractivity contribution >= 4 is 20.3 Å². The Bertz CT molecular complexity index is 447. The Kier molecular flexibility index (Phi) is 2.62. The summed E-state index contributed by atoms with van der Waals surface area (Å²) < 4.78 is 1.04. The standard InChI is InChI=1S/C11H9NOSe/c1-8(13)10-7-14-11(12-10)9-5-3-2-4-6-9/h2-7H,1H3. The molecular formula is C11H9NOSe. The van der Waals surface area contributed by atoms with Gasteiger partial charge in [-0.15, -0.1) is 0 Å². The first kappa shape index (κ1) is 9.38. The number of Topliss-reactive ketones (excluding diaryl/α,β-unsaturated/α-hetero) is 1. The van der Waals surface area contributed by atoms with Crippen LogP contribution in [0.4, 0.5) is 0 Å². The summed E-state index contributed by atoms with van der Waals surface area (Å²) in [5.74, 6) is 0.0535. The Hall–Kier alpha value is -1.18. The summed E-state index contributed by atoms with van der Waals surface area (Å²) in [6, 6.07) is 10.00. The SMILES string of the molecule is CC(=O)c1c[se]c(-c2ccccc2)n1. The third-order valence-electron chi connectivity index (χ3n) is 1.89. The molecule has 0 fully saturated rings. The molecule has 0 unspecified atom stereocenters. The zero-order valence-electron chi connectivity index (χ0n) is 7.73. The molecule has 1 aromatic carbocycles. The van der Waals surface area contributed by atoms with Gasteiger partial charge in [0.2, 0.25) is 0 Å². The van der Waals surface area contributed by atoms with E-state index >= 15 is 0 Å². The van der Waals surface area contributed by atoms with Gasteiger partial charge in [0.1, 0.15) is 0 Å². The number of rotatable bonds is 2. The zero-order chi connectivity index (χ0) is 9.97. The second kappa shape index (κ2) is 3.91. The van der Waals surface area contributed by atoms with Gasteiger partial charge < -0.3 is 0 Å². The number of hydrogen-bond acceptors (Lipinski definition) is 2. The van der Waals surface area contributed by atoms with E-state index < -0.39 is 0 Å². The molecule has 1 heterocycles. The van der Waals surface area contributed by atoms with Crippen molar-refractivity contribution in [1.82, 2.24) is 4.98 Å². The summed E-state index contributed by atoms with van der Waals surface area (Å²) >= 11 is 0.211. The number of benzene rings is 1. The van der Waals surface area contributed by atoms with Crippen molar-refractivity contribution in [2.45, 2.75) is 6.92 Å². The third-order valence-corrected chi connectivity index (χ3v) is 3.76. The van der Waals surface area contributed by atoms with Crippen molar-refractivity contribution < 1.29 is 4.79 Å². The Balaban J connectivity index is 2.39. The van der Waals surface area contributed by atoms with E-state index in [0.29, 0.717) is 5.69 Å². The molecule has 3 heteroatoms. The van der Waals surface area contributed by atoms with E-state index in [1.165, 1.54) is 0 Å². The van der Waals surface area contributed by atoms with Crippen LogP contribution in [0.3, 0.4) is 0 Å². The molecule has 0 atom stereocenters. The first-order valence-electron chi connectivity index (χ1n) is 4.29. The summed E-state index contributed by atoms with van der Waals surface area (Å²) in [7, 11) is 0. The fourth-order valence-corrected chi connectivity index (χ4v) is 2.96. The van der Waals surface area contributed by atoms with Gasteiger partial charge in [-0.2, -0.15) is 0 Å². The van der Waals surface area contributed by atoms with E-state index in [0.717, 1.165) is 10.1 Å². The minimum absolute atomic E-state index is 0.0535. The number of hydrogen-bond donors (Lipinski definition) is 0.